The standard InChI is InChI=1S/C46H91NO7/c1-5-9-13-17-19-23-31-41(29-21-15-11-7-3)45(51)53-37-27-25-33-43(49)39-47(35-36-48)40-44(50)34-26-28-38-54-46(52)42(30-22-16-12-8-4)32-24-20-18-14-10-6-2/h41-44,48-50H,5-40H2,1-4H3/t41?,42?,43-,44-/m1/s1. The van der Waals surface area contributed by atoms with Crippen LogP contribution in [0.1, 0.15) is 220 Å². The molecule has 3 N–H and O–H groups in total. The van der Waals surface area contributed by atoms with Crippen molar-refractivity contribution in [3.8, 4) is 0 Å². The van der Waals surface area contributed by atoms with Gasteiger partial charge in [-0.15, -0.1) is 0 Å². The summed E-state index contributed by atoms with van der Waals surface area (Å²) in [6.45, 7) is 10.8. The molecule has 0 aromatic rings. The molecule has 0 fully saturated rings. The van der Waals surface area contributed by atoms with Crippen LogP contribution in [0.5, 0.6) is 0 Å². The molecule has 322 valence electrons. The van der Waals surface area contributed by atoms with Crippen LogP contribution in [-0.2, 0) is 19.1 Å². The molecular formula is C46H91NO7. The van der Waals surface area contributed by atoms with Crippen molar-refractivity contribution in [1.82, 2.24) is 4.90 Å². The molecule has 0 spiro atoms. The molecule has 0 aromatic carbocycles. The molecule has 0 bridgehead atoms. The summed E-state index contributed by atoms with van der Waals surface area (Å²) in [7, 11) is 0. The first-order chi connectivity index (χ1) is 26.3. The van der Waals surface area contributed by atoms with Crippen molar-refractivity contribution in [3.63, 3.8) is 0 Å². The van der Waals surface area contributed by atoms with E-state index in [9.17, 15) is 24.9 Å². The van der Waals surface area contributed by atoms with Gasteiger partial charge < -0.3 is 24.8 Å². The highest BCUT2D eigenvalue weighted by Crippen LogP contribution is 2.22. The lowest BCUT2D eigenvalue weighted by atomic mass is 9.94. The molecule has 0 aliphatic carbocycles. The van der Waals surface area contributed by atoms with Gasteiger partial charge in [0.25, 0.3) is 0 Å². The first-order valence-corrected chi connectivity index (χ1v) is 23.3. The third-order valence-corrected chi connectivity index (χ3v) is 11.0. The van der Waals surface area contributed by atoms with Crippen molar-refractivity contribution in [2.75, 3.05) is 39.5 Å². The number of nitrogens with zero attached hydrogens (tertiary/aromatic N) is 1. The van der Waals surface area contributed by atoms with E-state index in [1.165, 1.54) is 103 Å². The molecule has 0 aromatic heterocycles. The molecule has 0 aliphatic heterocycles. The highest BCUT2D eigenvalue weighted by molar-refractivity contribution is 5.72. The molecule has 0 rings (SSSR count). The number of aliphatic hydroxyl groups is 3. The zero-order valence-electron chi connectivity index (χ0n) is 36.2. The second-order valence-electron chi connectivity index (χ2n) is 16.3. The molecule has 0 aliphatic rings. The number of unbranched alkanes of at least 4 members (excludes halogenated alkanes) is 18. The molecule has 0 amide bonds. The number of rotatable bonds is 42. The van der Waals surface area contributed by atoms with Gasteiger partial charge >= 0.3 is 11.9 Å². The fraction of sp³-hybridized carbons (Fsp3) is 0.957. The average Bonchev–Trinajstić information content (AvgIpc) is 3.15. The maximum Gasteiger partial charge on any atom is 0.308 e. The Morgan fingerprint density at radius 3 is 1.07 bits per heavy atom. The van der Waals surface area contributed by atoms with Crippen molar-refractivity contribution < 1.29 is 34.4 Å². The van der Waals surface area contributed by atoms with Gasteiger partial charge in [-0.05, 0) is 64.2 Å². The van der Waals surface area contributed by atoms with Crippen LogP contribution in [0.15, 0.2) is 0 Å². The smallest absolute Gasteiger partial charge is 0.308 e. The minimum Gasteiger partial charge on any atom is -0.465 e. The highest BCUT2D eigenvalue weighted by Gasteiger charge is 2.21. The number of carbonyl (C=O) groups is 2. The number of ether oxygens (including phenoxy) is 2. The van der Waals surface area contributed by atoms with Crippen molar-refractivity contribution >= 4 is 11.9 Å². The lowest BCUT2D eigenvalue weighted by Gasteiger charge is -2.26. The lowest BCUT2D eigenvalue weighted by molar-refractivity contribution is -0.150. The summed E-state index contributed by atoms with van der Waals surface area (Å²) < 4.78 is 11.4. The van der Waals surface area contributed by atoms with E-state index in [1.54, 1.807) is 0 Å². The van der Waals surface area contributed by atoms with Crippen LogP contribution in [-0.4, -0.2) is 83.8 Å². The van der Waals surface area contributed by atoms with Crippen molar-refractivity contribution in [3.05, 3.63) is 0 Å². The van der Waals surface area contributed by atoms with E-state index >= 15 is 0 Å². The monoisotopic (exact) mass is 770 g/mol. The second-order valence-corrected chi connectivity index (χ2v) is 16.3. The third kappa shape index (κ3) is 33.0. The van der Waals surface area contributed by atoms with E-state index in [0.717, 1.165) is 64.2 Å². The van der Waals surface area contributed by atoms with E-state index in [-0.39, 0.29) is 30.4 Å². The number of aliphatic hydroxyl groups excluding tert-OH is 3. The van der Waals surface area contributed by atoms with Gasteiger partial charge in [-0.2, -0.15) is 0 Å². The predicted molar refractivity (Wildman–Crippen MR) is 226 cm³/mol. The molecular weight excluding hydrogens is 679 g/mol. The minimum atomic E-state index is -0.579. The zero-order valence-corrected chi connectivity index (χ0v) is 36.2. The van der Waals surface area contributed by atoms with Gasteiger partial charge in [-0.25, -0.2) is 0 Å². The van der Waals surface area contributed by atoms with Gasteiger partial charge in [-0.1, -0.05) is 156 Å². The molecule has 8 nitrogen and oxygen atoms in total. The van der Waals surface area contributed by atoms with Crippen LogP contribution < -0.4 is 0 Å². The van der Waals surface area contributed by atoms with E-state index in [1.807, 2.05) is 4.90 Å². The molecule has 54 heavy (non-hydrogen) atoms. The van der Waals surface area contributed by atoms with Crippen molar-refractivity contribution in [2.24, 2.45) is 11.8 Å². The molecule has 8 heteroatoms. The highest BCUT2D eigenvalue weighted by atomic mass is 16.5. The third-order valence-electron chi connectivity index (χ3n) is 11.0. The summed E-state index contributed by atoms with van der Waals surface area (Å²) >= 11 is 0. The zero-order chi connectivity index (χ0) is 39.9. The molecule has 0 heterocycles. The Kier molecular flexibility index (Phi) is 39.1. The topological polar surface area (TPSA) is 117 Å². The Bertz CT molecular complexity index is 750. The molecule has 2 unspecified atom stereocenters. The number of hydrogen-bond donors (Lipinski definition) is 3. The van der Waals surface area contributed by atoms with Gasteiger partial charge in [0.1, 0.15) is 0 Å². The Balaban J connectivity index is 4.45. The minimum absolute atomic E-state index is 0.00397. The van der Waals surface area contributed by atoms with Crippen LogP contribution in [0.4, 0.5) is 0 Å². The molecule has 0 saturated carbocycles. The number of carbonyl (C=O) groups excluding carboxylic acids is 2. The summed E-state index contributed by atoms with van der Waals surface area (Å²) in [5.41, 5.74) is 0. The van der Waals surface area contributed by atoms with E-state index in [4.69, 9.17) is 9.47 Å². The van der Waals surface area contributed by atoms with Gasteiger partial charge in [0, 0.05) is 19.6 Å². The molecule has 4 atom stereocenters. The molecule has 0 radical (unpaired) electrons. The van der Waals surface area contributed by atoms with Crippen molar-refractivity contribution in [1.29, 1.82) is 0 Å². The summed E-state index contributed by atoms with van der Waals surface area (Å²) in [5.74, 6) is -0.0895. The largest absolute Gasteiger partial charge is 0.465 e. The maximum absolute atomic E-state index is 12.9. The van der Waals surface area contributed by atoms with Gasteiger partial charge in [-0.3, -0.25) is 14.5 Å². The Morgan fingerprint density at radius 2 is 0.741 bits per heavy atom. The van der Waals surface area contributed by atoms with Crippen LogP contribution >= 0.6 is 0 Å². The van der Waals surface area contributed by atoms with Crippen LogP contribution in [0.25, 0.3) is 0 Å². The Morgan fingerprint density at radius 1 is 0.444 bits per heavy atom. The lowest BCUT2D eigenvalue weighted by Crippen LogP contribution is -2.39. The summed E-state index contributed by atoms with van der Waals surface area (Å²) in [6.07, 6.45) is 30.7. The maximum atomic E-state index is 12.9. The Hall–Kier alpha value is -1.22. The first kappa shape index (κ1) is 52.8. The normalized spacial score (nSPS) is 13.9. The van der Waals surface area contributed by atoms with Gasteiger partial charge in [0.2, 0.25) is 0 Å². The summed E-state index contributed by atoms with van der Waals surface area (Å²) in [5, 5.41) is 31.1. The van der Waals surface area contributed by atoms with Crippen LogP contribution in [0, 0.1) is 11.8 Å². The molecule has 0 saturated heterocycles. The average molecular weight is 770 g/mol. The van der Waals surface area contributed by atoms with Crippen molar-refractivity contribution in [2.45, 2.75) is 233 Å². The van der Waals surface area contributed by atoms with Crippen LogP contribution in [0.2, 0.25) is 0 Å². The van der Waals surface area contributed by atoms with Crippen LogP contribution in [0.3, 0.4) is 0 Å². The Labute approximate surface area is 334 Å². The quantitative estimate of drug-likeness (QED) is 0.0415. The SMILES string of the molecule is CCCCCCCCC(CCCCCC)C(=O)OCCCC[C@@H](O)CN(CCO)C[C@H](O)CCCCOC(=O)C(CCCCCC)CCCCCCCC. The summed E-state index contributed by atoms with van der Waals surface area (Å²) in [6, 6.07) is 0. The fourth-order valence-corrected chi connectivity index (χ4v) is 7.46. The summed E-state index contributed by atoms with van der Waals surface area (Å²) in [4.78, 5) is 27.8. The fourth-order valence-electron chi connectivity index (χ4n) is 7.46. The number of hydrogen-bond acceptors (Lipinski definition) is 8. The van der Waals surface area contributed by atoms with E-state index in [2.05, 4.69) is 27.7 Å². The van der Waals surface area contributed by atoms with Gasteiger partial charge in [0.05, 0.1) is 43.9 Å². The van der Waals surface area contributed by atoms with Gasteiger partial charge in [0.15, 0.2) is 0 Å². The van der Waals surface area contributed by atoms with E-state index in [0.29, 0.717) is 58.5 Å². The first-order valence-electron chi connectivity index (χ1n) is 23.3. The predicted octanol–water partition coefficient (Wildman–Crippen LogP) is 11.1. The van der Waals surface area contributed by atoms with E-state index < -0.39 is 12.2 Å². The number of esters is 2. The second kappa shape index (κ2) is 40.0.